The molecule has 9 heteroatoms. The molecule has 5 heterocycles. The Morgan fingerprint density at radius 2 is 1.88 bits per heavy atom. The fourth-order valence-electron chi connectivity index (χ4n) is 5.24. The van der Waals surface area contributed by atoms with Gasteiger partial charge in [-0.2, -0.15) is 0 Å². The molecule has 5 saturated heterocycles. The summed E-state index contributed by atoms with van der Waals surface area (Å²) in [6.07, 6.45) is -5.38. The number of aliphatic carboxylic acids is 1. The fraction of sp³-hybridized carbons (Fsp3) is 0.938. The molecular formula is C16H25NO7S. The van der Waals surface area contributed by atoms with Gasteiger partial charge in [-0.1, -0.05) is 0 Å². The first-order valence-electron chi connectivity index (χ1n) is 8.84. The van der Waals surface area contributed by atoms with E-state index < -0.39 is 36.6 Å². The molecule has 5 aliphatic rings. The smallest absolute Gasteiger partial charge is 0.223 e. The van der Waals surface area contributed by atoms with Crippen LogP contribution in [0.2, 0.25) is 0 Å². The van der Waals surface area contributed by atoms with E-state index >= 15 is 0 Å². The van der Waals surface area contributed by atoms with Crippen LogP contribution in [-0.4, -0.2) is 92.8 Å². The maximum atomic E-state index is 11.3. The van der Waals surface area contributed by atoms with Crippen molar-refractivity contribution >= 4 is 17.7 Å². The number of rotatable bonds is 2. The number of hydrogen-bond acceptors (Lipinski definition) is 8. The lowest BCUT2D eigenvalue weighted by Crippen LogP contribution is -2.78. The molecule has 2 bridgehead atoms. The SMILES string of the molecule is CC1OC2(CS1)C[N+]1([C@@H]3OC(C(=O)[O-])[C@@H](O)[C@H](O)C3O)CCC2CC1. The van der Waals surface area contributed by atoms with Crippen LogP contribution in [0.1, 0.15) is 19.8 Å². The lowest BCUT2D eigenvalue weighted by atomic mass is 9.73. The summed E-state index contributed by atoms with van der Waals surface area (Å²) in [5.74, 6) is -0.251. The standard InChI is InChI=1S/C16H25NO7S/c1-8-24-16(7-25-8)6-17(4-2-9(16)3-5-17)14-12(20)10(18)11(19)13(23-14)15(21)22/h8-14,18-20H,2-7H2,1H3/t8?,9?,10-,11-,12?,13?,14+,16?,17?/m0/s1. The minimum atomic E-state index is -1.70. The maximum Gasteiger partial charge on any atom is 0.223 e. The molecule has 25 heavy (non-hydrogen) atoms. The van der Waals surface area contributed by atoms with Crippen molar-refractivity contribution in [2.75, 3.05) is 25.4 Å². The van der Waals surface area contributed by atoms with Crippen LogP contribution in [0.15, 0.2) is 0 Å². The molecule has 5 fully saturated rings. The summed E-state index contributed by atoms with van der Waals surface area (Å²) < 4.78 is 12.2. The van der Waals surface area contributed by atoms with Crippen LogP contribution >= 0.6 is 11.8 Å². The van der Waals surface area contributed by atoms with E-state index in [1.54, 1.807) is 11.8 Å². The van der Waals surface area contributed by atoms with Crippen molar-refractivity contribution in [3.05, 3.63) is 0 Å². The summed E-state index contributed by atoms with van der Waals surface area (Å²) in [5.41, 5.74) is -0.178. The number of piperidine rings is 3. The zero-order chi connectivity index (χ0) is 18.0. The minimum absolute atomic E-state index is 0.112. The fourth-order valence-corrected chi connectivity index (χ4v) is 6.41. The van der Waals surface area contributed by atoms with Crippen molar-refractivity contribution in [3.8, 4) is 0 Å². The van der Waals surface area contributed by atoms with E-state index in [0.29, 0.717) is 16.9 Å². The number of carbonyl (C=O) groups excluding carboxylic acids is 1. The van der Waals surface area contributed by atoms with Crippen LogP contribution in [-0.2, 0) is 14.3 Å². The quantitative estimate of drug-likeness (QED) is 0.459. The molecule has 0 saturated carbocycles. The van der Waals surface area contributed by atoms with Gasteiger partial charge in [-0.25, -0.2) is 0 Å². The number of carboxylic acid groups (broad SMARTS) is 1. The molecule has 0 aromatic heterocycles. The highest BCUT2D eigenvalue weighted by Gasteiger charge is 2.64. The van der Waals surface area contributed by atoms with Gasteiger partial charge in [-0.15, -0.1) is 11.8 Å². The summed E-state index contributed by atoms with van der Waals surface area (Å²) in [6.45, 7) is 4.12. The summed E-state index contributed by atoms with van der Waals surface area (Å²) in [4.78, 5) is 11.3. The first kappa shape index (κ1) is 18.0. The number of aliphatic hydroxyl groups excluding tert-OH is 3. The van der Waals surface area contributed by atoms with Crippen LogP contribution < -0.4 is 5.11 Å². The van der Waals surface area contributed by atoms with Gasteiger partial charge in [-0.05, 0) is 6.92 Å². The third-order valence-corrected chi connectivity index (χ3v) is 7.72. The summed E-state index contributed by atoms with van der Waals surface area (Å²) in [6, 6.07) is 0. The Balaban J connectivity index is 1.64. The van der Waals surface area contributed by atoms with Gasteiger partial charge in [0.15, 0.2) is 6.10 Å². The van der Waals surface area contributed by atoms with Crippen LogP contribution in [0, 0.1) is 5.92 Å². The third kappa shape index (κ3) is 2.63. The molecule has 4 unspecified atom stereocenters. The second-order valence-corrected chi connectivity index (χ2v) is 9.18. The summed E-state index contributed by atoms with van der Waals surface area (Å²) in [7, 11) is 0. The van der Waals surface area contributed by atoms with Crippen LogP contribution in [0.25, 0.3) is 0 Å². The maximum absolute atomic E-state index is 11.3. The van der Waals surface area contributed by atoms with Crippen molar-refractivity contribution < 1.29 is 39.2 Å². The number of hydrogen-bond donors (Lipinski definition) is 3. The lowest BCUT2D eigenvalue weighted by molar-refractivity contribution is -0.996. The highest BCUT2D eigenvalue weighted by atomic mass is 32.2. The molecule has 8 nitrogen and oxygen atoms in total. The normalized spacial score (nSPS) is 55.6. The minimum Gasteiger partial charge on any atom is -0.547 e. The number of thioether (sulfide) groups is 1. The van der Waals surface area contributed by atoms with Gasteiger partial charge in [0, 0.05) is 24.5 Å². The average molecular weight is 375 g/mol. The van der Waals surface area contributed by atoms with Gasteiger partial charge in [0.25, 0.3) is 0 Å². The zero-order valence-corrected chi connectivity index (χ0v) is 14.9. The molecule has 0 radical (unpaired) electrons. The van der Waals surface area contributed by atoms with Crippen molar-refractivity contribution in [3.63, 3.8) is 0 Å². The van der Waals surface area contributed by atoms with Crippen molar-refractivity contribution in [1.29, 1.82) is 0 Å². The van der Waals surface area contributed by atoms with Gasteiger partial charge < -0.3 is 34.7 Å². The Hall–Kier alpha value is -0.420. The largest absolute Gasteiger partial charge is 0.547 e. The van der Waals surface area contributed by atoms with E-state index in [4.69, 9.17) is 9.47 Å². The Labute approximate surface area is 150 Å². The van der Waals surface area contributed by atoms with Crippen LogP contribution in [0.3, 0.4) is 0 Å². The Bertz CT molecular complexity index is 555. The average Bonchev–Trinajstić information content (AvgIpc) is 2.93. The second kappa shape index (κ2) is 6.05. The Kier molecular flexibility index (Phi) is 4.35. The van der Waals surface area contributed by atoms with E-state index in [9.17, 15) is 25.2 Å². The molecule has 5 aliphatic heterocycles. The van der Waals surface area contributed by atoms with Crippen LogP contribution in [0.5, 0.6) is 0 Å². The van der Waals surface area contributed by atoms with E-state index in [-0.39, 0.29) is 11.0 Å². The molecule has 142 valence electrons. The number of carbonyl (C=O) groups is 1. The third-order valence-electron chi connectivity index (χ3n) is 6.50. The molecule has 0 aromatic rings. The molecule has 0 aromatic carbocycles. The van der Waals surface area contributed by atoms with Gasteiger partial charge in [-0.3, -0.25) is 4.48 Å². The van der Waals surface area contributed by atoms with Gasteiger partial charge in [0.2, 0.25) is 6.23 Å². The Morgan fingerprint density at radius 1 is 1.20 bits per heavy atom. The molecule has 5 rings (SSSR count). The van der Waals surface area contributed by atoms with Gasteiger partial charge in [0.1, 0.15) is 35.9 Å². The van der Waals surface area contributed by atoms with E-state index in [1.165, 1.54) is 0 Å². The monoisotopic (exact) mass is 375 g/mol. The molecule has 0 aliphatic carbocycles. The van der Waals surface area contributed by atoms with Gasteiger partial charge >= 0.3 is 0 Å². The highest BCUT2D eigenvalue weighted by Crippen LogP contribution is 2.51. The number of carboxylic acids is 1. The predicted molar refractivity (Wildman–Crippen MR) is 85.0 cm³/mol. The summed E-state index contributed by atoms with van der Waals surface area (Å²) >= 11 is 1.77. The topological polar surface area (TPSA) is 119 Å². The first-order chi connectivity index (χ1) is 11.8. The molecule has 3 N–H and O–H groups in total. The zero-order valence-electron chi connectivity index (χ0n) is 14.1. The van der Waals surface area contributed by atoms with E-state index in [2.05, 4.69) is 0 Å². The first-order valence-corrected chi connectivity index (χ1v) is 9.89. The van der Waals surface area contributed by atoms with Gasteiger partial charge in [0.05, 0.1) is 19.1 Å². The van der Waals surface area contributed by atoms with E-state index in [0.717, 1.165) is 31.7 Å². The second-order valence-electron chi connectivity index (χ2n) is 7.90. The molecular weight excluding hydrogens is 350 g/mol. The number of quaternary nitrogens is 1. The number of fused-ring (bicyclic) bond motifs is 2. The Morgan fingerprint density at radius 3 is 2.44 bits per heavy atom. The summed E-state index contributed by atoms with van der Waals surface area (Å²) in [5, 5.41) is 41.9. The molecule has 7 atom stereocenters. The molecule has 1 spiro atoms. The van der Waals surface area contributed by atoms with E-state index in [1.807, 2.05) is 6.92 Å². The van der Waals surface area contributed by atoms with Crippen LogP contribution in [0.4, 0.5) is 0 Å². The lowest BCUT2D eigenvalue weighted by Gasteiger charge is -2.61. The number of ether oxygens (including phenoxy) is 2. The predicted octanol–water partition coefficient (Wildman–Crippen LogP) is -2.37. The van der Waals surface area contributed by atoms with Crippen molar-refractivity contribution in [2.45, 2.75) is 61.4 Å². The highest BCUT2D eigenvalue weighted by molar-refractivity contribution is 8.00. The van der Waals surface area contributed by atoms with Crippen molar-refractivity contribution in [2.24, 2.45) is 5.92 Å². The number of nitrogens with zero attached hydrogens (tertiary/aromatic N) is 1. The van der Waals surface area contributed by atoms with Crippen molar-refractivity contribution in [1.82, 2.24) is 0 Å². The number of aliphatic hydroxyl groups is 3. The molecule has 0 amide bonds.